The molecule has 3 heterocycles. The van der Waals surface area contributed by atoms with E-state index in [4.69, 9.17) is 23.7 Å². The maximum absolute atomic E-state index is 13.3. The lowest BCUT2D eigenvalue weighted by Gasteiger charge is -2.34. The Kier molecular flexibility index (Phi) is 16.3. The molecule has 0 aromatic carbocycles. The number of aliphatic carboxylic acids is 1. The van der Waals surface area contributed by atoms with E-state index in [1.165, 1.54) is 0 Å². The summed E-state index contributed by atoms with van der Waals surface area (Å²) in [6.45, 7) is 17.4. The number of hydrogen-bond acceptors (Lipinski definition) is 9. The molecule has 0 spiro atoms. The molecule has 11 nitrogen and oxygen atoms in total. The van der Waals surface area contributed by atoms with Crippen LogP contribution < -0.4 is 0 Å². The van der Waals surface area contributed by atoms with E-state index in [0.29, 0.717) is 12.8 Å². The first-order chi connectivity index (χ1) is 23.4. The summed E-state index contributed by atoms with van der Waals surface area (Å²) >= 11 is 0. The first-order valence-electron chi connectivity index (χ1n) is 19.5. The van der Waals surface area contributed by atoms with Crippen LogP contribution in [0.5, 0.6) is 0 Å². The zero-order valence-corrected chi connectivity index (χ0v) is 32.6. The van der Waals surface area contributed by atoms with Crippen molar-refractivity contribution in [3.05, 3.63) is 0 Å². The van der Waals surface area contributed by atoms with E-state index in [0.717, 1.165) is 64.2 Å². The Hall–Kier alpha value is -1.95. The van der Waals surface area contributed by atoms with Crippen molar-refractivity contribution in [1.29, 1.82) is 0 Å². The number of carbonyl (C=O) groups is 3. The molecule has 0 unspecified atom stereocenters. The highest BCUT2D eigenvalue weighted by atomic mass is 16.6. The lowest BCUT2D eigenvalue weighted by atomic mass is 9.84. The fraction of sp³-hybridized carbons (Fsp3) is 0.923. The van der Waals surface area contributed by atoms with Crippen LogP contribution in [0.15, 0.2) is 0 Å². The summed E-state index contributed by atoms with van der Waals surface area (Å²) in [5.41, 5.74) is -0.553. The van der Waals surface area contributed by atoms with Gasteiger partial charge in [-0.3, -0.25) is 9.59 Å². The molecule has 0 saturated carbocycles. The first-order valence-corrected chi connectivity index (χ1v) is 19.5. The smallest absolute Gasteiger partial charge is 0.410 e. The molecule has 0 radical (unpaired) electrons. The van der Waals surface area contributed by atoms with Gasteiger partial charge < -0.3 is 38.8 Å². The third-order valence-electron chi connectivity index (χ3n) is 11.3. The largest absolute Gasteiger partial charge is 0.481 e. The maximum atomic E-state index is 13.3. The van der Waals surface area contributed by atoms with Crippen LogP contribution in [0.3, 0.4) is 0 Å². The number of carboxylic acid groups (broad SMARTS) is 1. The topological polar surface area (TPSA) is 141 Å². The van der Waals surface area contributed by atoms with Crippen LogP contribution in [0.1, 0.15) is 139 Å². The standard InChI is InChI=1S/C39H69NO10/c1-11-13-27(40(10)38(45)50-39(7,8)9)21-29-15-17-31(46-29)23(3)35(41)24(4)32-19-20-34(49-32)26(6)37(44)48-28(14-12-2)22-30-16-18-33(47-30)25(5)36(42)43/h23-35,41H,11-22H2,1-10H3,(H,42,43)/t23-,24-,25+,26-,27-,28+,29+,30+,31-,32+,33-,34-,35+/m1/s1. The minimum atomic E-state index is -0.856. The SMILES string of the molecule is CCC[C@@H](C[C@@H]1CC[C@H]([C@H](C)C(=O)O)O1)OC(=O)[C@H](C)[C@H]1CC[C@@H]([C@@H](C)[C@@H](O)[C@H](C)[C@H]2CC[C@@H](C[C@@H](CCC)N(C)C(=O)OC(C)(C)C)O2)O1. The molecule has 11 heteroatoms. The van der Waals surface area contributed by atoms with Crippen molar-refractivity contribution in [3.8, 4) is 0 Å². The lowest BCUT2D eigenvalue weighted by molar-refractivity contribution is -0.162. The molecular weight excluding hydrogens is 642 g/mol. The van der Waals surface area contributed by atoms with Crippen molar-refractivity contribution in [2.75, 3.05) is 7.05 Å². The van der Waals surface area contributed by atoms with Crippen LogP contribution in [0.4, 0.5) is 4.79 Å². The number of hydrogen-bond donors (Lipinski definition) is 2. The second kappa shape index (κ2) is 19.2. The zero-order chi connectivity index (χ0) is 37.3. The van der Waals surface area contributed by atoms with Gasteiger partial charge in [-0.15, -0.1) is 0 Å². The third-order valence-corrected chi connectivity index (χ3v) is 11.3. The number of amides is 1. The van der Waals surface area contributed by atoms with Gasteiger partial charge in [-0.25, -0.2) is 4.79 Å². The Morgan fingerprint density at radius 3 is 1.84 bits per heavy atom. The number of carbonyl (C=O) groups excluding carboxylic acids is 2. The highest BCUT2D eigenvalue weighted by Crippen LogP contribution is 2.37. The van der Waals surface area contributed by atoms with E-state index in [1.807, 2.05) is 41.5 Å². The van der Waals surface area contributed by atoms with E-state index < -0.39 is 29.5 Å². The van der Waals surface area contributed by atoms with Crippen molar-refractivity contribution in [3.63, 3.8) is 0 Å². The monoisotopic (exact) mass is 711 g/mol. The predicted octanol–water partition coefficient (Wildman–Crippen LogP) is 7.15. The molecule has 50 heavy (non-hydrogen) atoms. The summed E-state index contributed by atoms with van der Waals surface area (Å²) in [5, 5.41) is 20.8. The second-order valence-corrected chi connectivity index (χ2v) is 16.5. The fourth-order valence-corrected chi connectivity index (χ4v) is 7.94. The van der Waals surface area contributed by atoms with Gasteiger partial charge in [0.2, 0.25) is 0 Å². The van der Waals surface area contributed by atoms with Gasteiger partial charge >= 0.3 is 18.0 Å². The summed E-state index contributed by atoms with van der Waals surface area (Å²) in [7, 11) is 1.81. The third kappa shape index (κ3) is 12.1. The molecule has 0 aromatic rings. The highest BCUT2D eigenvalue weighted by molar-refractivity contribution is 5.73. The summed E-state index contributed by atoms with van der Waals surface area (Å²) in [6.07, 6.45) is 7.17. The van der Waals surface area contributed by atoms with E-state index in [1.54, 1.807) is 18.9 Å². The van der Waals surface area contributed by atoms with Gasteiger partial charge in [0.05, 0.1) is 54.6 Å². The molecule has 3 fully saturated rings. The number of aliphatic hydroxyl groups excluding tert-OH is 1. The summed E-state index contributed by atoms with van der Waals surface area (Å²) in [6, 6.07) is 0.0172. The number of ether oxygens (including phenoxy) is 5. The van der Waals surface area contributed by atoms with Crippen LogP contribution in [0, 0.1) is 23.7 Å². The van der Waals surface area contributed by atoms with Gasteiger partial charge in [0.15, 0.2) is 0 Å². The van der Waals surface area contributed by atoms with E-state index in [9.17, 15) is 24.6 Å². The van der Waals surface area contributed by atoms with Crippen molar-refractivity contribution < 1.29 is 48.3 Å². The zero-order valence-electron chi connectivity index (χ0n) is 32.6. The molecule has 3 rings (SSSR count). The average molecular weight is 712 g/mol. The van der Waals surface area contributed by atoms with Crippen LogP contribution in [-0.4, -0.2) is 101 Å². The quantitative estimate of drug-likeness (QED) is 0.141. The van der Waals surface area contributed by atoms with E-state index in [-0.39, 0.29) is 72.7 Å². The lowest BCUT2D eigenvalue weighted by Crippen LogP contribution is -2.42. The molecule has 3 aliphatic rings. The molecule has 0 bridgehead atoms. The molecule has 13 atom stereocenters. The van der Waals surface area contributed by atoms with Crippen LogP contribution >= 0.6 is 0 Å². The molecule has 3 saturated heterocycles. The highest BCUT2D eigenvalue weighted by Gasteiger charge is 2.43. The molecule has 3 aliphatic heterocycles. The summed E-state index contributed by atoms with van der Waals surface area (Å²) in [4.78, 5) is 39.2. The van der Waals surface area contributed by atoms with Crippen molar-refractivity contribution in [1.82, 2.24) is 4.90 Å². The van der Waals surface area contributed by atoms with Gasteiger partial charge in [0, 0.05) is 31.3 Å². The number of nitrogens with zero attached hydrogens (tertiary/aromatic N) is 1. The molecule has 2 N–H and O–H groups in total. The number of rotatable bonds is 18. The first kappa shape index (κ1) is 42.5. The minimum Gasteiger partial charge on any atom is -0.481 e. The van der Waals surface area contributed by atoms with Crippen LogP contribution in [0.2, 0.25) is 0 Å². The molecule has 290 valence electrons. The second-order valence-electron chi connectivity index (χ2n) is 16.5. The minimum absolute atomic E-state index is 0.0110. The van der Waals surface area contributed by atoms with Crippen molar-refractivity contribution in [2.24, 2.45) is 23.7 Å². The van der Waals surface area contributed by atoms with Gasteiger partial charge in [-0.2, -0.15) is 0 Å². The maximum Gasteiger partial charge on any atom is 0.410 e. The van der Waals surface area contributed by atoms with Crippen LogP contribution in [0.25, 0.3) is 0 Å². The van der Waals surface area contributed by atoms with Crippen molar-refractivity contribution in [2.45, 2.75) is 200 Å². The Labute approximate surface area is 301 Å². The van der Waals surface area contributed by atoms with Gasteiger partial charge in [0.1, 0.15) is 11.7 Å². The molecule has 0 aromatic heterocycles. The van der Waals surface area contributed by atoms with Gasteiger partial charge in [0.25, 0.3) is 0 Å². The molecular formula is C39H69NO10. The summed E-state index contributed by atoms with van der Waals surface area (Å²) < 4.78 is 30.6. The molecule has 1 amide bonds. The summed E-state index contributed by atoms with van der Waals surface area (Å²) in [5.74, 6) is -2.38. The number of carboxylic acids is 1. The van der Waals surface area contributed by atoms with Crippen molar-refractivity contribution >= 4 is 18.0 Å². The molecule has 0 aliphatic carbocycles. The van der Waals surface area contributed by atoms with E-state index >= 15 is 0 Å². The Morgan fingerprint density at radius 2 is 1.26 bits per heavy atom. The normalized spacial score (nSPS) is 29.8. The Morgan fingerprint density at radius 1 is 0.760 bits per heavy atom. The van der Waals surface area contributed by atoms with E-state index in [2.05, 4.69) is 13.8 Å². The number of aliphatic hydroxyl groups is 1. The number of esters is 1. The van der Waals surface area contributed by atoms with Gasteiger partial charge in [-0.05, 0) is 92.4 Å². The average Bonchev–Trinajstić information content (AvgIpc) is 3.83. The Bertz CT molecular complexity index is 1080. The Balaban J connectivity index is 1.48. The van der Waals surface area contributed by atoms with Crippen LogP contribution in [-0.2, 0) is 33.3 Å². The fourth-order valence-electron chi connectivity index (χ4n) is 7.94. The van der Waals surface area contributed by atoms with Gasteiger partial charge in [-0.1, -0.05) is 40.5 Å². The predicted molar refractivity (Wildman–Crippen MR) is 191 cm³/mol.